The number of nitriles is 1. The van der Waals surface area contributed by atoms with E-state index in [9.17, 15) is 14.9 Å². The van der Waals surface area contributed by atoms with E-state index in [-0.39, 0.29) is 17.9 Å². The van der Waals surface area contributed by atoms with Gasteiger partial charge in [-0.05, 0) is 56.2 Å². The fraction of sp³-hybridized carbons (Fsp3) is 0.296. The van der Waals surface area contributed by atoms with Crippen molar-refractivity contribution in [1.29, 1.82) is 5.26 Å². The Labute approximate surface area is 187 Å². The molecule has 1 saturated carbocycles. The predicted molar refractivity (Wildman–Crippen MR) is 121 cm³/mol. The third kappa shape index (κ3) is 3.06. The minimum Gasteiger partial charge on any atom is -0.459 e. The SMILES string of the molecule is CC1=C(C#N)C(c2cccc3c2-c2ccccc2C3=O)C(C(=O)OC2CCCC2)=C(C)N1. The Balaban J connectivity index is 1.69. The van der Waals surface area contributed by atoms with Crippen molar-refractivity contribution in [1.82, 2.24) is 5.32 Å². The van der Waals surface area contributed by atoms with Gasteiger partial charge >= 0.3 is 5.97 Å². The number of nitrogens with zero attached hydrogens (tertiary/aromatic N) is 1. The molecule has 5 heteroatoms. The van der Waals surface area contributed by atoms with Gasteiger partial charge in [0.1, 0.15) is 6.10 Å². The number of nitrogens with one attached hydrogen (secondary N) is 1. The number of hydrogen-bond acceptors (Lipinski definition) is 5. The number of esters is 1. The summed E-state index contributed by atoms with van der Waals surface area (Å²) in [7, 11) is 0. The standard InChI is InChI=1S/C27H24N2O3/c1-15-22(14-28)25(23(16(2)29-15)27(31)32-17-8-3-4-9-17)20-12-7-13-21-24(20)18-10-5-6-11-19(18)26(21)30/h5-7,10-13,17,25,29H,3-4,8-9H2,1-2H3. The van der Waals surface area contributed by atoms with Crippen molar-refractivity contribution in [3.8, 4) is 17.2 Å². The Hall–Kier alpha value is -3.65. The van der Waals surface area contributed by atoms with Crippen molar-refractivity contribution in [3.63, 3.8) is 0 Å². The molecule has 32 heavy (non-hydrogen) atoms. The van der Waals surface area contributed by atoms with Crippen LogP contribution in [-0.4, -0.2) is 17.9 Å². The molecule has 5 nitrogen and oxygen atoms in total. The summed E-state index contributed by atoms with van der Waals surface area (Å²) in [6, 6.07) is 15.4. The fourth-order valence-corrected chi connectivity index (χ4v) is 5.29. The molecule has 160 valence electrons. The van der Waals surface area contributed by atoms with Crippen LogP contribution in [0, 0.1) is 11.3 Å². The van der Waals surface area contributed by atoms with Gasteiger partial charge < -0.3 is 10.1 Å². The van der Waals surface area contributed by atoms with Gasteiger partial charge in [-0.25, -0.2) is 4.79 Å². The summed E-state index contributed by atoms with van der Waals surface area (Å²) in [5.41, 5.74) is 6.02. The number of rotatable bonds is 3. The number of allylic oxidation sites excluding steroid dienone is 3. The van der Waals surface area contributed by atoms with Crippen LogP contribution in [0.5, 0.6) is 0 Å². The highest BCUT2D eigenvalue weighted by molar-refractivity contribution is 6.22. The summed E-state index contributed by atoms with van der Waals surface area (Å²) < 4.78 is 5.88. The van der Waals surface area contributed by atoms with E-state index >= 15 is 0 Å². The van der Waals surface area contributed by atoms with Gasteiger partial charge in [-0.15, -0.1) is 0 Å². The number of carbonyl (C=O) groups excluding carboxylic acids is 2. The molecule has 1 heterocycles. The largest absolute Gasteiger partial charge is 0.459 e. The highest BCUT2D eigenvalue weighted by atomic mass is 16.5. The maximum absolute atomic E-state index is 13.4. The second-order valence-corrected chi connectivity index (χ2v) is 8.70. The van der Waals surface area contributed by atoms with Crippen molar-refractivity contribution in [2.75, 3.05) is 0 Å². The van der Waals surface area contributed by atoms with E-state index in [1.54, 1.807) is 0 Å². The van der Waals surface area contributed by atoms with Crippen LogP contribution in [0.4, 0.5) is 0 Å². The Bertz CT molecular complexity index is 1260. The third-order valence-corrected chi connectivity index (χ3v) is 6.77. The molecule has 0 amide bonds. The quantitative estimate of drug-likeness (QED) is 0.589. The number of carbonyl (C=O) groups is 2. The maximum Gasteiger partial charge on any atom is 0.337 e. The Kier molecular flexibility index (Phi) is 4.94. The van der Waals surface area contributed by atoms with Gasteiger partial charge in [0, 0.05) is 22.5 Å². The lowest BCUT2D eigenvalue weighted by molar-refractivity contribution is -0.144. The van der Waals surface area contributed by atoms with Crippen molar-refractivity contribution in [2.24, 2.45) is 0 Å². The van der Waals surface area contributed by atoms with Crippen LogP contribution in [0.2, 0.25) is 0 Å². The molecule has 0 bridgehead atoms. The molecule has 1 fully saturated rings. The molecule has 2 aromatic rings. The summed E-state index contributed by atoms with van der Waals surface area (Å²) in [5.74, 6) is -1.01. The van der Waals surface area contributed by atoms with E-state index in [0.29, 0.717) is 33.7 Å². The lowest BCUT2D eigenvalue weighted by Crippen LogP contribution is -2.30. The van der Waals surface area contributed by atoms with Crippen molar-refractivity contribution in [3.05, 3.63) is 81.7 Å². The minimum absolute atomic E-state index is 0.0265. The van der Waals surface area contributed by atoms with Crippen LogP contribution in [0.3, 0.4) is 0 Å². The normalized spacial score (nSPS) is 20.0. The van der Waals surface area contributed by atoms with E-state index in [1.165, 1.54) is 0 Å². The molecule has 2 aliphatic carbocycles. The molecule has 0 aromatic heterocycles. The molecular formula is C27H24N2O3. The predicted octanol–water partition coefficient (Wildman–Crippen LogP) is 5.14. The highest BCUT2D eigenvalue weighted by Crippen LogP contribution is 2.47. The molecule has 2 aromatic carbocycles. The van der Waals surface area contributed by atoms with Crippen molar-refractivity contribution < 1.29 is 14.3 Å². The number of fused-ring (bicyclic) bond motifs is 3. The van der Waals surface area contributed by atoms with Crippen LogP contribution in [0.1, 0.15) is 66.9 Å². The molecule has 0 radical (unpaired) electrons. The molecule has 1 N–H and O–H groups in total. The summed E-state index contributed by atoms with van der Waals surface area (Å²) in [4.78, 5) is 26.5. The molecule has 1 atom stereocenters. The van der Waals surface area contributed by atoms with E-state index in [2.05, 4.69) is 11.4 Å². The number of benzene rings is 2. The van der Waals surface area contributed by atoms with E-state index in [4.69, 9.17) is 4.74 Å². The van der Waals surface area contributed by atoms with E-state index < -0.39 is 5.92 Å². The summed E-state index contributed by atoms with van der Waals surface area (Å²) in [6.45, 7) is 3.69. The van der Waals surface area contributed by atoms with Crippen LogP contribution in [0.15, 0.2) is 65.0 Å². The monoisotopic (exact) mass is 424 g/mol. The van der Waals surface area contributed by atoms with Crippen LogP contribution in [0.25, 0.3) is 11.1 Å². The molecule has 0 saturated heterocycles. The van der Waals surface area contributed by atoms with Gasteiger partial charge in [-0.3, -0.25) is 4.79 Å². The molecule has 1 unspecified atom stereocenters. The zero-order valence-electron chi connectivity index (χ0n) is 18.2. The number of ketones is 1. The van der Waals surface area contributed by atoms with Gasteiger partial charge in [0.2, 0.25) is 0 Å². The van der Waals surface area contributed by atoms with Crippen LogP contribution in [-0.2, 0) is 9.53 Å². The smallest absolute Gasteiger partial charge is 0.337 e. The molecule has 0 spiro atoms. The second-order valence-electron chi connectivity index (χ2n) is 8.70. The zero-order chi connectivity index (χ0) is 22.4. The molecule has 5 rings (SSSR count). The fourth-order valence-electron chi connectivity index (χ4n) is 5.29. The van der Waals surface area contributed by atoms with Crippen LogP contribution < -0.4 is 5.32 Å². The first-order valence-corrected chi connectivity index (χ1v) is 11.1. The minimum atomic E-state index is -0.593. The second kappa shape index (κ2) is 7.80. The first kappa shape index (κ1) is 20.3. The lowest BCUT2D eigenvalue weighted by Gasteiger charge is -2.30. The van der Waals surface area contributed by atoms with Crippen molar-refractivity contribution in [2.45, 2.75) is 51.6 Å². The summed E-state index contributed by atoms with van der Waals surface area (Å²) >= 11 is 0. The first-order chi connectivity index (χ1) is 15.5. The topological polar surface area (TPSA) is 79.2 Å². The molecule has 1 aliphatic heterocycles. The highest BCUT2D eigenvalue weighted by Gasteiger charge is 2.39. The van der Waals surface area contributed by atoms with E-state index in [1.807, 2.05) is 56.3 Å². The maximum atomic E-state index is 13.4. The average molecular weight is 425 g/mol. The number of hydrogen-bond donors (Lipinski definition) is 1. The lowest BCUT2D eigenvalue weighted by atomic mass is 9.78. The zero-order valence-corrected chi connectivity index (χ0v) is 18.2. The first-order valence-electron chi connectivity index (χ1n) is 11.1. The van der Waals surface area contributed by atoms with Gasteiger partial charge in [0.25, 0.3) is 0 Å². The molecular weight excluding hydrogens is 400 g/mol. The summed E-state index contributed by atoms with van der Waals surface area (Å²) in [5, 5.41) is 13.3. The van der Waals surface area contributed by atoms with E-state index in [0.717, 1.165) is 42.4 Å². The van der Waals surface area contributed by atoms with Gasteiger partial charge in [0.05, 0.1) is 23.1 Å². The Morgan fingerprint density at radius 1 is 1.00 bits per heavy atom. The average Bonchev–Trinajstić information content (AvgIpc) is 3.40. The molecule has 3 aliphatic rings. The van der Waals surface area contributed by atoms with Gasteiger partial charge in [-0.2, -0.15) is 5.26 Å². The van der Waals surface area contributed by atoms with Gasteiger partial charge in [-0.1, -0.05) is 42.5 Å². The number of ether oxygens (including phenoxy) is 1. The number of dihydropyridines is 1. The van der Waals surface area contributed by atoms with Crippen LogP contribution >= 0.6 is 0 Å². The van der Waals surface area contributed by atoms with Crippen molar-refractivity contribution >= 4 is 11.8 Å². The summed E-state index contributed by atoms with van der Waals surface area (Å²) in [6.07, 6.45) is 3.79. The third-order valence-electron chi connectivity index (χ3n) is 6.77. The van der Waals surface area contributed by atoms with Gasteiger partial charge in [0.15, 0.2) is 5.78 Å². The Morgan fingerprint density at radius 3 is 2.41 bits per heavy atom. The Morgan fingerprint density at radius 2 is 1.69 bits per heavy atom.